The highest BCUT2D eigenvalue weighted by Crippen LogP contribution is 2.18. The average Bonchev–Trinajstić information content (AvgIpc) is 2.61. The molecule has 0 atom stereocenters. The summed E-state index contributed by atoms with van der Waals surface area (Å²) in [6.07, 6.45) is 0. The van der Waals surface area contributed by atoms with Crippen LogP contribution in [0.2, 0.25) is 0 Å². The van der Waals surface area contributed by atoms with Crippen molar-refractivity contribution in [3.63, 3.8) is 0 Å². The van der Waals surface area contributed by atoms with E-state index in [4.69, 9.17) is 5.11 Å². The maximum Gasteiger partial charge on any atom is 0.377 e. The lowest BCUT2D eigenvalue weighted by Gasteiger charge is -2.01. The van der Waals surface area contributed by atoms with Crippen LogP contribution in [0, 0.1) is 6.92 Å². The summed E-state index contributed by atoms with van der Waals surface area (Å²) >= 11 is 0. The summed E-state index contributed by atoms with van der Waals surface area (Å²) in [6.45, 7) is 4.67. The van der Waals surface area contributed by atoms with Gasteiger partial charge in [-0.1, -0.05) is 0 Å². The Kier molecular flexibility index (Phi) is 2.67. The molecule has 0 amide bonds. The lowest BCUT2D eigenvalue weighted by Crippen LogP contribution is -2.12. The lowest BCUT2D eigenvalue weighted by molar-refractivity contribution is -0.131. The fourth-order valence-electron chi connectivity index (χ4n) is 1.91. The van der Waals surface area contributed by atoms with Crippen molar-refractivity contribution in [2.45, 2.75) is 20.4 Å². The highest BCUT2D eigenvalue weighted by atomic mass is 16.4. The minimum Gasteiger partial charge on any atom is -0.475 e. The number of Topliss-reactive ketones (excluding diaryl/α,β-unsaturated/α-hetero) is 1. The van der Waals surface area contributed by atoms with Crippen molar-refractivity contribution in [2.24, 2.45) is 0 Å². The molecule has 2 aromatic rings. The molecule has 1 aromatic heterocycles. The third-order valence-electron chi connectivity index (χ3n) is 2.71. The van der Waals surface area contributed by atoms with Gasteiger partial charge in [-0.25, -0.2) is 9.78 Å². The Labute approximate surface area is 97.7 Å². The molecule has 17 heavy (non-hydrogen) atoms. The van der Waals surface area contributed by atoms with Gasteiger partial charge in [0.2, 0.25) is 0 Å². The zero-order chi connectivity index (χ0) is 12.6. The van der Waals surface area contributed by atoms with Crippen LogP contribution in [0.15, 0.2) is 18.2 Å². The van der Waals surface area contributed by atoms with Crippen LogP contribution in [0.1, 0.15) is 23.1 Å². The van der Waals surface area contributed by atoms with E-state index in [1.165, 1.54) is 12.1 Å². The normalized spacial score (nSPS) is 10.7. The number of fused-ring (bicyclic) bond motifs is 1. The largest absolute Gasteiger partial charge is 0.475 e. The van der Waals surface area contributed by atoms with Crippen LogP contribution in [-0.2, 0) is 11.3 Å². The van der Waals surface area contributed by atoms with E-state index in [9.17, 15) is 9.59 Å². The number of imidazole rings is 1. The second-order valence-electron chi connectivity index (χ2n) is 3.74. The SMILES string of the molecule is CCn1c(C)nc2cc(C(=O)C(=O)O)ccc21. The zero-order valence-corrected chi connectivity index (χ0v) is 9.60. The topological polar surface area (TPSA) is 72.2 Å². The molecule has 0 aliphatic rings. The van der Waals surface area contributed by atoms with Crippen molar-refractivity contribution in [2.75, 3.05) is 0 Å². The Morgan fingerprint density at radius 3 is 2.71 bits per heavy atom. The van der Waals surface area contributed by atoms with Gasteiger partial charge in [-0.05, 0) is 32.0 Å². The molecule has 5 nitrogen and oxygen atoms in total. The number of aryl methyl sites for hydroxylation is 2. The monoisotopic (exact) mass is 232 g/mol. The van der Waals surface area contributed by atoms with E-state index in [1.807, 2.05) is 18.4 Å². The van der Waals surface area contributed by atoms with Gasteiger partial charge in [-0.3, -0.25) is 4.79 Å². The molecule has 2 rings (SSSR count). The average molecular weight is 232 g/mol. The Bertz CT molecular complexity index is 613. The molecule has 0 aliphatic heterocycles. The number of rotatable bonds is 3. The maximum atomic E-state index is 11.3. The van der Waals surface area contributed by atoms with Gasteiger partial charge in [0.05, 0.1) is 11.0 Å². The Morgan fingerprint density at radius 1 is 1.41 bits per heavy atom. The second kappa shape index (κ2) is 4.01. The minimum atomic E-state index is -1.45. The summed E-state index contributed by atoms with van der Waals surface area (Å²) in [4.78, 5) is 26.2. The molecule has 0 aliphatic carbocycles. The molecule has 5 heteroatoms. The summed E-state index contributed by atoms with van der Waals surface area (Å²) in [5, 5.41) is 8.64. The first kappa shape index (κ1) is 11.3. The van der Waals surface area contributed by atoms with Gasteiger partial charge in [0.1, 0.15) is 5.82 Å². The second-order valence-corrected chi connectivity index (χ2v) is 3.74. The van der Waals surface area contributed by atoms with Crippen LogP contribution in [0.3, 0.4) is 0 Å². The van der Waals surface area contributed by atoms with E-state index in [0.29, 0.717) is 5.52 Å². The van der Waals surface area contributed by atoms with Crippen LogP contribution in [-0.4, -0.2) is 26.4 Å². The van der Waals surface area contributed by atoms with E-state index < -0.39 is 11.8 Å². The molecule has 0 spiro atoms. The number of carboxylic acid groups (broad SMARTS) is 1. The first-order valence-corrected chi connectivity index (χ1v) is 5.29. The molecule has 0 fully saturated rings. The third-order valence-corrected chi connectivity index (χ3v) is 2.71. The smallest absolute Gasteiger partial charge is 0.377 e. The Hall–Kier alpha value is -2.17. The predicted octanol–water partition coefficient (Wildman–Crippen LogP) is 1.63. The molecule has 1 heterocycles. The fraction of sp³-hybridized carbons (Fsp3) is 0.250. The van der Waals surface area contributed by atoms with Crippen LogP contribution in [0.5, 0.6) is 0 Å². The molecule has 1 aromatic carbocycles. The van der Waals surface area contributed by atoms with Crippen molar-refractivity contribution in [3.05, 3.63) is 29.6 Å². The summed E-state index contributed by atoms with van der Waals surface area (Å²) in [5.74, 6) is -1.51. The highest BCUT2D eigenvalue weighted by Gasteiger charge is 2.16. The molecular formula is C12H12N2O3. The number of carbonyl (C=O) groups excluding carboxylic acids is 1. The minimum absolute atomic E-state index is 0.158. The number of aromatic nitrogens is 2. The first-order chi connectivity index (χ1) is 8.04. The van der Waals surface area contributed by atoms with Crippen molar-refractivity contribution in [1.29, 1.82) is 0 Å². The quantitative estimate of drug-likeness (QED) is 0.644. The van der Waals surface area contributed by atoms with E-state index in [2.05, 4.69) is 4.98 Å². The molecule has 1 N–H and O–H groups in total. The van der Waals surface area contributed by atoms with Crippen molar-refractivity contribution in [1.82, 2.24) is 9.55 Å². The van der Waals surface area contributed by atoms with Gasteiger partial charge in [0, 0.05) is 12.1 Å². The molecule has 0 bridgehead atoms. The van der Waals surface area contributed by atoms with Crippen LogP contribution < -0.4 is 0 Å². The van der Waals surface area contributed by atoms with Crippen LogP contribution in [0.4, 0.5) is 0 Å². The summed E-state index contributed by atoms with van der Waals surface area (Å²) in [5.41, 5.74) is 1.72. The first-order valence-electron chi connectivity index (χ1n) is 5.29. The maximum absolute atomic E-state index is 11.3. The van der Waals surface area contributed by atoms with Gasteiger partial charge in [-0.15, -0.1) is 0 Å². The summed E-state index contributed by atoms with van der Waals surface area (Å²) < 4.78 is 2.00. The van der Waals surface area contributed by atoms with Gasteiger partial charge in [0.25, 0.3) is 5.78 Å². The number of hydrogen-bond acceptors (Lipinski definition) is 3. The van der Waals surface area contributed by atoms with Gasteiger partial charge in [-0.2, -0.15) is 0 Å². The summed E-state index contributed by atoms with van der Waals surface area (Å²) in [7, 11) is 0. The van der Waals surface area contributed by atoms with Gasteiger partial charge < -0.3 is 9.67 Å². The predicted molar refractivity (Wildman–Crippen MR) is 62.1 cm³/mol. The van der Waals surface area contributed by atoms with E-state index in [0.717, 1.165) is 17.9 Å². The molecule has 0 radical (unpaired) electrons. The number of nitrogens with zero attached hydrogens (tertiary/aromatic N) is 2. The Morgan fingerprint density at radius 2 is 2.12 bits per heavy atom. The highest BCUT2D eigenvalue weighted by molar-refractivity contribution is 6.40. The lowest BCUT2D eigenvalue weighted by atomic mass is 10.1. The van der Waals surface area contributed by atoms with Crippen molar-refractivity contribution >= 4 is 22.8 Å². The van der Waals surface area contributed by atoms with Gasteiger partial charge in [0.15, 0.2) is 0 Å². The molecule has 0 saturated carbocycles. The van der Waals surface area contributed by atoms with Crippen LogP contribution in [0.25, 0.3) is 11.0 Å². The number of ketones is 1. The Balaban J connectivity index is 2.60. The van der Waals surface area contributed by atoms with Crippen molar-refractivity contribution in [3.8, 4) is 0 Å². The molecule has 0 unspecified atom stereocenters. The molecule has 88 valence electrons. The standard InChI is InChI=1S/C12H12N2O3/c1-3-14-7(2)13-9-6-8(4-5-10(9)14)11(15)12(16)17/h4-6H,3H2,1-2H3,(H,16,17). The molecular weight excluding hydrogens is 220 g/mol. The van der Waals surface area contributed by atoms with E-state index >= 15 is 0 Å². The number of carbonyl (C=O) groups is 2. The van der Waals surface area contributed by atoms with Crippen molar-refractivity contribution < 1.29 is 14.7 Å². The third kappa shape index (κ3) is 1.80. The fourth-order valence-corrected chi connectivity index (χ4v) is 1.91. The number of aliphatic carboxylic acids is 1. The summed E-state index contributed by atoms with van der Waals surface area (Å²) in [6, 6.07) is 4.77. The van der Waals surface area contributed by atoms with Gasteiger partial charge >= 0.3 is 5.97 Å². The van der Waals surface area contributed by atoms with E-state index in [-0.39, 0.29) is 5.56 Å². The number of hydrogen-bond donors (Lipinski definition) is 1. The van der Waals surface area contributed by atoms with E-state index in [1.54, 1.807) is 6.07 Å². The molecule has 0 saturated heterocycles. The number of carboxylic acids is 1. The zero-order valence-electron chi connectivity index (χ0n) is 9.60. The van der Waals surface area contributed by atoms with Crippen LogP contribution >= 0.6 is 0 Å². The number of benzene rings is 1.